The van der Waals surface area contributed by atoms with Gasteiger partial charge in [0.05, 0.1) is 17.9 Å². The van der Waals surface area contributed by atoms with Crippen molar-refractivity contribution in [2.24, 2.45) is 13.0 Å². The Bertz CT molecular complexity index is 817. The summed E-state index contributed by atoms with van der Waals surface area (Å²) in [7, 11) is 1.72. The maximum absolute atomic E-state index is 12.4. The zero-order valence-electron chi connectivity index (χ0n) is 14.9. The number of aryl methyl sites for hydroxylation is 1. The van der Waals surface area contributed by atoms with Gasteiger partial charge in [0.25, 0.3) is 0 Å². The molecule has 1 N–H and O–H groups in total. The summed E-state index contributed by atoms with van der Waals surface area (Å²) < 4.78 is 6.72. The van der Waals surface area contributed by atoms with Gasteiger partial charge in [0.2, 0.25) is 11.1 Å². The van der Waals surface area contributed by atoms with Crippen LogP contribution in [0.15, 0.2) is 5.16 Å². The molecular formula is C16H21N5O3S2. The number of ether oxygens (including phenoxy) is 1. The minimum atomic E-state index is -0.361. The highest BCUT2D eigenvalue weighted by Crippen LogP contribution is 2.40. The summed E-state index contributed by atoms with van der Waals surface area (Å²) in [6, 6.07) is 0. The number of aromatic nitrogens is 4. The number of thioether (sulfide) groups is 1. The van der Waals surface area contributed by atoms with Crippen LogP contribution in [0.3, 0.4) is 0 Å². The number of hydrogen-bond acceptors (Lipinski definition) is 8. The fraction of sp³-hybridized carbons (Fsp3) is 0.562. The lowest BCUT2D eigenvalue weighted by Crippen LogP contribution is -2.18. The molecule has 3 rings (SSSR count). The minimum absolute atomic E-state index is 0.162. The second kappa shape index (κ2) is 8.17. The highest BCUT2D eigenvalue weighted by Gasteiger charge is 2.29. The Balaban J connectivity index is 1.76. The van der Waals surface area contributed by atoms with Crippen molar-refractivity contribution in [3.63, 3.8) is 0 Å². The second-order valence-corrected chi connectivity index (χ2v) is 8.25. The highest BCUT2D eigenvalue weighted by molar-refractivity contribution is 7.99. The molecule has 0 aliphatic heterocycles. The molecule has 10 heteroatoms. The molecule has 2 aromatic heterocycles. The molecule has 1 aliphatic rings. The van der Waals surface area contributed by atoms with E-state index in [9.17, 15) is 9.59 Å². The van der Waals surface area contributed by atoms with Gasteiger partial charge >= 0.3 is 5.97 Å². The summed E-state index contributed by atoms with van der Waals surface area (Å²) in [5.74, 6) is 0.184. The quantitative estimate of drug-likeness (QED) is 0.592. The summed E-state index contributed by atoms with van der Waals surface area (Å²) in [6.45, 7) is 4.29. The Labute approximate surface area is 159 Å². The number of nitrogens with zero attached hydrogens (tertiary/aromatic N) is 4. The molecule has 2 heterocycles. The van der Waals surface area contributed by atoms with Gasteiger partial charge < -0.3 is 10.1 Å². The van der Waals surface area contributed by atoms with E-state index in [1.54, 1.807) is 14.0 Å². The van der Waals surface area contributed by atoms with Crippen LogP contribution in [0.25, 0.3) is 0 Å². The van der Waals surface area contributed by atoms with Crippen molar-refractivity contribution in [1.29, 1.82) is 0 Å². The van der Waals surface area contributed by atoms with E-state index >= 15 is 0 Å². The maximum atomic E-state index is 12.4. The largest absolute Gasteiger partial charge is 0.462 e. The monoisotopic (exact) mass is 395 g/mol. The average Bonchev–Trinajstić information content (AvgIpc) is 3.15. The first-order valence-electron chi connectivity index (χ1n) is 8.46. The molecule has 0 unspecified atom stereocenters. The number of amides is 1. The standard InChI is InChI=1S/C16H21N5O3S2/c1-4-24-15(23)13-10-6-5-9(2)7-11(10)26-14(13)17-12(22)8-25-16-18-19-20-21(16)3/h9H,4-8H2,1-3H3,(H,17,22)/t9-/m1/s1. The van der Waals surface area contributed by atoms with E-state index in [4.69, 9.17) is 4.74 Å². The molecule has 1 atom stereocenters. The van der Waals surface area contributed by atoms with Crippen LogP contribution in [0.2, 0.25) is 0 Å². The predicted molar refractivity (Wildman–Crippen MR) is 99.6 cm³/mol. The van der Waals surface area contributed by atoms with Crippen LogP contribution < -0.4 is 5.32 Å². The van der Waals surface area contributed by atoms with Crippen molar-refractivity contribution in [3.05, 3.63) is 16.0 Å². The molecule has 8 nitrogen and oxygen atoms in total. The molecule has 0 radical (unpaired) electrons. The van der Waals surface area contributed by atoms with Gasteiger partial charge in [-0.05, 0) is 48.1 Å². The molecule has 1 amide bonds. The Hall–Kier alpha value is -1.94. The second-order valence-electron chi connectivity index (χ2n) is 6.20. The lowest BCUT2D eigenvalue weighted by molar-refractivity contribution is -0.113. The molecule has 0 bridgehead atoms. The summed E-state index contributed by atoms with van der Waals surface area (Å²) >= 11 is 2.73. The summed E-state index contributed by atoms with van der Waals surface area (Å²) in [4.78, 5) is 26.0. The van der Waals surface area contributed by atoms with Gasteiger partial charge in [-0.3, -0.25) is 4.79 Å². The van der Waals surface area contributed by atoms with Gasteiger partial charge in [-0.1, -0.05) is 18.7 Å². The van der Waals surface area contributed by atoms with E-state index in [-0.39, 0.29) is 17.6 Å². The Morgan fingerprint density at radius 1 is 1.46 bits per heavy atom. The number of hydrogen-bond donors (Lipinski definition) is 1. The van der Waals surface area contributed by atoms with Gasteiger partial charge in [0.15, 0.2) is 0 Å². The molecule has 1 aliphatic carbocycles. The van der Waals surface area contributed by atoms with E-state index in [1.165, 1.54) is 32.7 Å². The lowest BCUT2D eigenvalue weighted by Gasteiger charge is -2.18. The number of carbonyl (C=O) groups is 2. The third-order valence-electron chi connectivity index (χ3n) is 4.16. The smallest absolute Gasteiger partial charge is 0.341 e. The zero-order valence-corrected chi connectivity index (χ0v) is 16.6. The topological polar surface area (TPSA) is 99.0 Å². The van der Waals surface area contributed by atoms with E-state index < -0.39 is 0 Å². The first-order valence-corrected chi connectivity index (χ1v) is 10.3. The molecule has 0 spiro atoms. The number of thiophene rings is 1. The Kier molecular flexibility index (Phi) is 5.92. The molecule has 2 aromatic rings. The van der Waals surface area contributed by atoms with Crippen molar-refractivity contribution >= 4 is 40.0 Å². The number of nitrogens with one attached hydrogen (secondary N) is 1. The van der Waals surface area contributed by atoms with Crippen molar-refractivity contribution in [2.75, 3.05) is 17.7 Å². The minimum Gasteiger partial charge on any atom is -0.462 e. The van der Waals surface area contributed by atoms with E-state index in [1.807, 2.05) is 0 Å². The molecule has 140 valence electrons. The summed E-state index contributed by atoms with van der Waals surface area (Å²) in [5.41, 5.74) is 1.56. The van der Waals surface area contributed by atoms with Gasteiger partial charge in [0.1, 0.15) is 5.00 Å². The van der Waals surface area contributed by atoms with E-state index in [0.717, 1.165) is 24.8 Å². The average molecular weight is 396 g/mol. The SMILES string of the molecule is CCOC(=O)c1c(NC(=O)CSc2nnnn2C)sc2c1CC[C@@H](C)C2. The number of anilines is 1. The van der Waals surface area contributed by atoms with Gasteiger partial charge in [-0.15, -0.1) is 16.4 Å². The van der Waals surface area contributed by atoms with Crippen molar-refractivity contribution in [1.82, 2.24) is 20.2 Å². The van der Waals surface area contributed by atoms with Crippen LogP contribution in [-0.4, -0.2) is 44.4 Å². The predicted octanol–water partition coefficient (Wildman–Crippen LogP) is 2.30. The zero-order chi connectivity index (χ0) is 18.7. The van der Waals surface area contributed by atoms with Crippen LogP contribution in [0, 0.1) is 5.92 Å². The summed E-state index contributed by atoms with van der Waals surface area (Å²) in [6.07, 6.45) is 2.82. The number of tetrazole rings is 1. The number of fused-ring (bicyclic) bond motifs is 1. The number of esters is 1. The van der Waals surface area contributed by atoms with E-state index in [2.05, 4.69) is 27.8 Å². The fourth-order valence-corrected chi connectivity index (χ4v) is 4.96. The third kappa shape index (κ3) is 4.07. The molecular weight excluding hydrogens is 374 g/mol. The number of rotatable bonds is 6. The fourth-order valence-electron chi connectivity index (χ4n) is 2.89. The number of carbonyl (C=O) groups excluding carboxylic acids is 2. The van der Waals surface area contributed by atoms with Gasteiger partial charge in [0, 0.05) is 11.9 Å². The normalized spacial score (nSPS) is 16.2. The third-order valence-corrected chi connectivity index (χ3v) is 6.34. The summed E-state index contributed by atoms with van der Waals surface area (Å²) in [5, 5.41) is 15.1. The van der Waals surface area contributed by atoms with Gasteiger partial charge in [-0.2, -0.15) is 0 Å². The van der Waals surface area contributed by atoms with Crippen molar-refractivity contribution in [3.8, 4) is 0 Å². The van der Waals surface area contributed by atoms with E-state index in [0.29, 0.717) is 28.2 Å². The first-order chi connectivity index (χ1) is 12.5. The van der Waals surface area contributed by atoms with Gasteiger partial charge in [-0.25, -0.2) is 9.48 Å². The van der Waals surface area contributed by atoms with Crippen LogP contribution in [0.4, 0.5) is 5.00 Å². The Morgan fingerprint density at radius 2 is 2.27 bits per heavy atom. The molecule has 26 heavy (non-hydrogen) atoms. The first kappa shape index (κ1) is 18.8. The molecule has 0 aromatic carbocycles. The van der Waals surface area contributed by atoms with Crippen LogP contribution in [0.5, 0.6) is 0 Å². The highest BCUT2D eigenvalue weighted by atomic mass is 32.2. The van der Waals surface area contributed by atoms with Crippen LogP contribution in [0.1, 0.15) is 41.1 Å². The Morgan fingerprint density at radius 3 is 2.96 bits per heavy atom. The molecule has 0 fully saturated rings. The maximum Gasteiger partial charge on any atom is 0.341 e. The molecule has 0 saturated heterocycles. The van der Waals surface area contributed by atoms with Crippen molar-refractivity contribution in [2.45, 2.75) is 38.3 Å². The van der Waals surface area contributed by atoms with Crippen LogP contribution in [-0.2, 0) is 29.4 Å². The molecule has 0 saturated carbocycles. The lowest BCUT2D eigenvalue weighted by atomic mass is 9.88. The van der Waals surface area contributed by atoms with Crippen LogP contribution >= 0.6 is 23.1 Å². The van der Waals surface area contributed by atoms with Crippen molar-refractivity contribution < 1.29 is 14.3 Å².